The zero-order valence-corrected chi connectivity index (χ0v) is 11.6. The number of nitrogens with zero attached hydrogens (tertiary/aromatic N) is 2. The summed E-state index contributed by atoms with van der Waals surface area (Å²) >= 11 is 0. The fourth-order valence-electron chi connectivity index (χ4n) is 2.44. The summed E-state index contributed by atoms with van der Waals surface area (Å²) in [7, 11) is -3.38. The number of hydrogen-bond acceptors (Lipinski definition) is 4. The van der Waals surface area contributed by atoms with Crippen LogP contribution < -0.4 is 0 Å². The quantitative estimate of drug-likeness (QED) is 0.783. The van der Waals surface area contributed by atoms with Crippen LogP contribution in [0, 0.1) is 11.8 Å². The third-order valence-corrected chi connectivity index (χ3v) is 6.21. The van der Waals surface area contributed by atoms with Crippen LogP contribution >= 0.6 is 0 Å². The molecule has 1 saturated heterocycles. The van der Waals surface area contributed by atoms with Gasteiger partial charge >= 0.3 is 5.97 Å². The van der Waals surface area contributed by atoms with Gasteiger partial charge < -0.3 is 5.11 Å². The molecule has 0 aromatic rings. The van der Waals surface area contributed by atoms with Crippen LogP contribution in [0.15, 0.2) is 0 Å². The summed E-state index contributed by atoms with van der Waals surface area (Å²) in [4.78, 5) is 12.2. The first-order chi connectivity index (χ1) is 8.32. The van der Waals surface area contributed by atoms with Gasteiger partial charge in [0.2, 0.25) is 10.0 Å². The lowest BCUT2D eigenvalue weighted by Crippen LogP contribution is -2.56. The highest BCUT2D eigenvalue weighted by atomic mass is 32.2. The largest absolute Gasteiger partial charge is 0.480 e. The van der Waals surface area contributed by atoms with E-state index in [1.54, 1.807) is 6.92 Å². The van der Waals surface area contributed by atoms with E-state index in [9.17, 15) is 13.2 Å². The van der Waals surface area contributed by atoms with Gasteiger partial charge in [0.15, 0.2) is 0 Å². The first-order valence-corrected chi connectivity index (χ1v) is 7.77. The van der Waals surface area contributed by atoms with Crippen molar-refractivity contribution in [3.63, 3.8) is 0 Å². The highest BCUT2D eigenvalue weighted by Crippen LogP contribution is 2.39. The Morgan fingerprint density at radius 3 is 2.44 bits per heavy atom. The Labute approximate surface area is 108 Å². The van der Waals surface area contributed by atoms with Crippen molar-refractivity contribution in [3.05, 3.63) is 0 Å². The Balaban J connectivity index is 2.03. The van der Waals surface area contributed by atoms with Crippen molar-refractivity contribution in [2.45, 2.75) is 25.6 Å². The minimum Gasteiger partial charge on any atom is -0.480 e. The molecule has 6 nitrogen and oxygen atoms in total. The molecule has 2 fully saturated rings. The third-order valence-electron chi connectivity index (χ3n) is 3.99. The molecule has 0 aromatic heterocycles. The molecule has 0 radical (unpaired) electrons. The minimum atomic E-state index is -3.38. The van der Waals surface area contributed by atoms with Crippen molar-refractivity contribution < 1.29 is 18.3 Å². The monoisotopic (exact) mass is 276 g/mol. The SMILES string of the molecule is CC1CC1CN1CCN(CC(=O)O)[C@@H](C)S1(=O)=O. The molecule has 0 spiro atoms. The maximum Gasteiger partial charge on any atom is 0.317 e. The van der Waals surface area contributed by atoms with Crippen LogP contribution in [0.3, 0.4) is 0 Å². The lowest BCUT2D eigenvalue weighted by atomic mass is 10.3. The van der Waals surface area contributed by atoms with E-state index in [0.717, 1.165) is 6.42 Å². The predicted octanol–water partition coefficient (Wildman–Crippen LogP) is 0.0204. The Morgan fingerprint density at radius 1 is 1.33 bits per heavy atom. The molecule has 1 aliphatic heterocycles. The van der Waals surface area contributed by atoms with E-state index in [4.69, 9.17) is 5.11 Å². The van der Waals surface area contributed by atoms with E-state index in [-0.39, 0.29) is 6.54 Å². The van der Waals surface area contributed by atoms with Gasteiger partial charge in [0, 0.05) is 19.6 Å². The van der Waals surface area contributed by atoms with Gasteiger partial charge in [-0.15, -0.1) is 0 Å². The van der Waals surface area contributed by atoms with Crippen LogP contribution in [0.1, 0.15) is 20.3 Å². The van der Waals surface area contributed by atoms with Crippen LogP contribution in [-0.2, 0) is 14.8 Å². The van der Waals surface area contributed by atoms with Crippen LogP contribution in [0.5, 0.6) is 0 Å². The lowest BCUT2D eigenvalue weighted by Gasteiger charge is -2.38. The van der Waals surface area contributed by atoms with Crippen molar-refractivity contribution in [1.82, 2.24) is 9.21 Å². The van der Waals surface area contributed by atoms with Gasteiger partial charge in [0.1, 0.15) is 5.37 Å². The molecular weight excluding hydrogens is 256 g/mol. The Hall–Kier alpha value is -0.660. The van der Waals surface area contributed by atoms with Gasteiger partial charge in [-0.3, -0.25) is 9.69 Å². The highest BCUT2D eigenvalue weighted by Gasteiger charge is 2.42. The topological polar surface area (TPSA) is 77.9 Å². The van der Waals surface area contributed by atoms with E-state index >= 15 is 0 Å². The number of sulfonamides is 1. The van der Waals surface area contributed by atoms with Crippen molar-refractivity contribution in [2.75, 3.05) is 26.2 Å². The predicted molar refractivity (Wildman–Crippen MR) is 66.4 cm³/mol. The molecule has 0 aromatic carbocycles. The zero-order chi connectivity index (χ0) is 13.5. The Morgan fingerprint density at radius 2 is 1.94 bits per heavy atom. The summed E-state index contributed by atoms with van der Waals surface area (Å²) in [5, 5.41) is 8.02. The second-order valence-corrected chi connectivity index (χ2v) is 7.57. The number of carboxylic acid groups (broad SMARTS) is 1. The van der Waals surface area contributed by atoms with E-state index in [2.05, 4.69) is 6.92 Å². The van der Waals surface area contributed by atoms with Crippen LogP contribution in [-0.4, -0.2) is 60.3 Å². The molecule has 7 heteroatoms. The molecule has 2 unspecified atom stereocenters. The molecule has 104 valence electrons. The molecule has 1 heterocycles. The van der Waals surface area contributed by atoms with Crippen LogP contribution in [0.25, 0.3) is 0 Å². The summed E-state index contributed by atoms with van der Waals surface area (Å²) < 4.78 is 26.1. The molecule has 0 bridgehead atoms. The van der Waals surface area contributed by atoms with Crippen molar-refractivity contribution in [3.8, 4) is 0 Å². The molecule has 0 amide bonds. The molecule has 1 N–H and O–H groups in total. The summed E-state index contributed by atoms with van der Waals surface area (Å²) in [6.07, 6.45) is 1.10. The van der Waals surface area contributed by atoms with Crippen molar-refractivity contribution in [1.29, 1.82) is 0 Å². The number of hydrogen-bond donors (Lipinski definition) is 1. The molecule has 18 heavy (non-hydrogen) atoms. The molecule has 1 saturated carbocycles. The summed E-state index contributed by atoms with van der Waals surface area (Å²) in [5.74, 6) is 0.117. The number of carbonyl (C=O) groups is 1. The highest BCUT2D eigenvalue weighted by molar-refractivity contribution is 7.89. The minimum absolute atomic E-state index is 0.214. The first kappa shape index (κ1) is 13.8. The Kier molecular flexibility index (Phi) is 3.66. The number of rotatable bonds is 4. The average molecular weight is 276 g/mol. The van der Waals surface area contributed by atoms with E-state index in [1.807, 2.05) is 0 Å². The molecule has 3 atom stereocenters. The van der Waals surface area contributed by atoms with Gasteiger partial charge in [0.25, 0.3) is 0 Å². The average Bonchev–Trinajstić information content (AvgIpc) is 2.94. The standard InChI is InChI=1S/C11H20N2O4S/c1-8-5-10(8)6-13-4-3-12(7-11(14)15)9(2)18(13,16)17/h8-10H,3-7H2,1-2H3,(H,14,15)/t8?,9-,10?/m1/s1. The summed E-state index contributed by atoms with van der Waals surface area (Å²) in [5.41, 5.74) is 0. The van der Waals surface area contributed by atoms with Gasteiger partial charge in [-0.25, -0.2) is 8.42 Å². The van der Waals surface area contributed by atoms with Gasteiger partial charge in [-0.05, 0) is 25.2 Å². The van der Waals surface area contributed by atoms with Crippen LogP contribution in [0.4, 0.5) is 0 Å². The zero-order valence-electron chi connectivity index (χ0n) is 10.7. The number of carboxylic acids is 1. The smallest absolute Gasteiger partial charge is 0.317 e. The molecule has 1 aliphatic carbocycles. The van der Waals surface area contributed by atoms with Crippen molar-refractivity contribution in [2.24, 2.45) is 11.8 Å². The maximum absolute atomic E-state index is 12.3. The molecule has 2 aliphatic rings. The van der Waals surface area contributed by atoms with Crippen molar-refractivity contribution >= 4 is 16.0 Å². The molecule has 2 rings (SSSR count). The van der Waals surface area contributed by atoms with E-state index in [1.165, 1.54) is 9.21 Å². The molecular formula is C11H20N2O4S. The third kappa shape index (κ3) is 2.67. The summed E-state index contributed by atoms with van der Waals surface area (Å²) in [6.45, 7) is 4.97. The summed E-state index contributed by atoms with van der Waals surface area (Å²) in [6, 6.07) is 0. The first-order valence-electron chi connectivity index (χ1n) is 6.27. The van der Waals surface area contributed by atoms with Gasteiger partial charge in [-0.2, -0.15) is 4.31 Å². The lowest BCUT2D eigenvalue weighted by molar-refractivity contribution is -0.138. The van der Waals surface area contributed by atoms with Crippen LogP contribution in [0.2, 0.25) is 0 Å². The van der Waals surface area contributed by atoms with Gasteiger partial charge in [0.05, 0.1) is 6.54 Å². The second kappa shape index (κ2) is 4.79. The van der Waals surface area contributed by atoms with E-state index in [0.29, 0.717) is 31.5 Å². The number of aliphatic carboxylic acids is 1. The normalized spacial score (nSPS) is 36.4. The second-order valence-electron chi connectivity index (χ2n) is 5.34. The Bertz CT molecular complexity index is 436. The fraction of sp³-hybridized carbons (Fsp3) is 0.909. The van der Waals surface area contributed by atoms with E-state index < -0.39 is 21.4 Å². The maximum atomic E-state index is 12.3. The fourth-order valence-corrected chi connectivity index (χ4v) is 4.17. The van der Waals surface area contributed by atoms with Gasteiger partial charge in [-0.1, -0.05) is 6.92 Å².